The fourth-order valence-corrected chi connectivity index (χ4v) is 2.61. The van der Waals surface area contributed by atoms with Gasteiger partial charge in [-0.25, -0.2) is 8.78 Å². The largest absolute Gasteiger partial charge is 0.389 e. The van der Waals surface area contributed by atoms with Crippen LogP contribution < -0.4 is 5.73 Å². The minimum atomic E-state index is -0.840. The van der Waals surface area contributed by atoms with Crippen molar-refractivity contribution < 1.29 is 8.78 Å². The summed E-state index contributed by atoms with van der Waals surface area (Å²) in [5.74, 6) is -1.65. The first-order valence-corrected chi connectivity index (χ1v) is 6.79. The fraction of sp³-hybridized carbons (Fsp3) is 0.0625. The van der Waals surface area contributed by atoms with E-state index in [0.717, 1.165) is 22.5 Å². The Morgan fingerprint density at radius 3 is 2.62 bits per heavy atom. The van der Waals surface area contributed by atoms with Crippen LogP contribution in [0.2, 0.25) is 0 Å². The van der Waals surface area contributed by atoms with E-state index >= 15 is 0 Å². The van der Waals surface area contributed by atoms with Gasteiger partial charge in [-0.2, -0.15) is 0 Å². The van der Waals surface area contributed by atoms with E-state index in [-0.39, 0.29) is 6.54 Å². The summed E-state index contributed by atoms with van der Waals surface area (Å²) in [7, 11) is 0. The highest BCUT2D eigenvalue weighted by Gasteiger charge is 2.11. The lowest BCUT2D eigenvalue weighted by Gasteiger charge is -2.08. The van der Waals surface area contributed by atoms with Gasteiger partial charge in [0.1, 0.15) is 4.99 Å². The van der Waals surface area contributed by atoms with E-state index in [2.05, 4.69) is 0 Å². The van der Waals surface area contributed by atoms with Crippen LogP contribution in [0.5, 0.6) is 0 Å². The van der Waals surface area contributed by atoms with Crippen molar-refractivity contribution in [3.63, 3.8) is 0 Å². The molecule has 3 rings (SSSR count). The number of nitrogens with zero attached hydrogens (tertiary/aromatic N) is 1. The van der Waals surface area contributed by atoms with Gasteiger partial charge in [0.25, 0.3) is 0 Å². The molecule has 0 aliphatic rings. The van der Waals surface area contributed by atoms with Crippen LogP contribution in [-0.2, 0) is 6.54 Å². The van der Waals surface area contributed by atoms with Crippen molar-refractivity contribution in [3.05, 3.63) is 71.4 Å². The molecule has 0 saturated carbocycles. The van der Waals surface area contributed by atoms with E-state index in [1.165, 1.54) is 6.07 Å². The molecule has 0 aliphatic heterocycles. The Morgan fingerprint density at radius 1 is 1.10 bits per heavy atom. The lowest BCUT2D eigenvalue weighted by Crippen LogP contribution is -2.09. The van der Waals surface area contributed by atoms with E-state index in [9.17, 15) is 8.78 Å². The van der Waals surface area contributed by atoms with Crippen LogP contribution in [0.1, 0.15) is 11.1 Å². The molecule has 0 bridgehead atoms. The fourth-order valence-electron chi connectivity index (χ4n) is 2.43. The van der Waals surface area contributed by atoms with Crippen LogP contribution in [0.25, 0.3) is 10.9 Å². The van der Waals surface area contributed by atoms with Crippen LogP contribution in [0.4, 0.5) is 8.78 Å². The molecule has 1 aromatic heterocycles. The zero-order valence-electron chi connectivity index (χ0n) is 11.0. The maximum absolute atomic E-state index is 13.8. The third kappa shape index (κ3) is 2.40. The molecule has 0 aliphatic carbocycles. The number of hydrogen-bond acceptors (Lipinski definition) is 1. The normalized spacial score (nSPS) is 11.0. The summed E-state index contributed by atoms with van der Waals surface area (Å²) in [4.78, 5) is 0.315. The molecule has 106 valence electrons. The number of thiocarbonyl (C=S) groups is 1. The summed E-state index contributed by atoms with van der Waals surface area (Å²) in [6.07, 6.45) is 1.82. The highest BCUT2D eigenvalue weighted by molar-refractivity contribution is 7.80. The van der Waals surface area contributed by atoms with Crippen molar-refractivity contribution in [3.8, 4) is 0 Å². The molecule has 0 amide bonds. The van der Waals surface area contributed by atoms with Crippen molar-refractivity contribution in [1.29, 1.82) is 0 Å². The maximum atomic E-state index is 13.8. The number of aromatic nitrogens is 1. The highest BCUT2D eigenvalue weighted by atomic mass is 32.1. The van der Waals surface area contributed by atoms with Crippen LogP contribution >= 0.6 is 12.2 Å². The predicted molar refractivity (Wildman–Crippen MR) is 83.3 cm³/mol. The predicted octanol–water partition coefficient (Wildman–Crippen LogP) is 3.60. The first-order chi connectivity index (χ1) is 10.1. The van der Waals surface area contributed by atoms with E-state index < -0.39 is 11.6 Å². The van der Waals surface area contributed by atoms with E-state index in [0.29, 0.717) is 10.6 Å². The Bertz CT molecular complexity index is 839. The molecule has 2 nitrogen and oxygen atoms in total. The molecule has 0 radical (unpaired) electrons. The molecule has 0 fully saturated rings. The van der Waals surface area contributed by atoms with Gasteiger partial charge in [-0.3, -0.25) is 0 Å². The number of rotatable bonds is 3. The Balaban J connectivity index is 2.08. The minimum Gasteiger partial charge on any atom is -0.389 e. The quantitative estimate of drug-likeness (QED) is 0.749. The SMILES string of the molecule is NC(=S)c1cccc2c1ccn2Cc1cccc(F)c1F. The second kappa shape index (κ2) is 5.26. The molecule has 21 heavy (non-hydrogen) atoms. The molecule has 0 unspecified atom stereocenters. The van der Waals surface area contributed by atoms with Gasteiger partial charge in [-0.05, 0) is 18.2 Å². The molecule has 5 heteroatoms. The van der Waals surface area contributed by atoms with Crippen molar-refractivity contribution >= 4 is 28.1 Å². The molecule has 0 spiro atoms. The molecule has 2 aromatic carbocycles. The summed E-state index contributed by atoms with van der Waals surface area (Å²) in [5, 5.41) is 0.904. The van der Waals surface area contributed by atoms with E-state index in [1.807, 2.05) is 35.0 Å². The third-order valence-electron chi connectivity index (χ3n) is 3.45. The zero-order chi connectivity index (χ0) is 15.0. The molecule has 0 saturated heterocycles. The van der Waals surface area contributed by atoms with E-state index in [1.54, 1.807) is 6.07 Å². The summed E-state index contributed by atoms with van der Waals surface area (Å²) in [6.45, 7) is 0.244. The summed E-state index contributed by atoms with van der Waals surface area (Å²) in [5.41, 5.74) is 7.65. The summed E-state index contributed by atoms with van der Waals surface area (Å²) < 4.78 is 28.9. The van der Waals surface area contributed by atoms with Gasteiger partial charge in [0.15, 0.2) is 11.6 Å². The highest BCUT2D eigenvalue weighted by Crippen LogP contribution is 2.22. The second-order valence-electron chi connectivity index (χ2n) is 4.76. The number of hydrogen-bond donors (Lipinski definition) is 1. The van der Waals surface area contributed by atoms with Gasteiger partial charge >= 0.3 is 0 Å². The first kappa shape index (κ1) is 13.7. The van der Waals surface area contributed by atoms with Crippen molar-refractivity contribution in [2.45, 2.75) is 6.54 Å². The molecular formula is C16H12F2N2S. The first-order valence-electron chi connectivity index (χ1n) is 6.38. The Kier molecular flexibility index (Phi) is 3.43. The van der Waals surface area contributed by atoms with Gasteiger partial charge in [-0.15, -0.1) is 0 Å². The van der Waals surface area contributed by atoms with Gasteiger partial charge in [-0.1, -0.05) is 36.5 Å². The topological polar surface area (TPSA) is 30.9 Å². The lowest BCUT2D eigenvalue weighted by atomic mass is 10.1. The van der Waals surface area contributed by atoms with Crippen LogP contribution in [-0.4, -0.2) is 9.56 Å². The number of fused-ring (bicyclic) bond motifs is 1. The Morgan fingerprint density at radius 2 is 1.86 bits per heavy atom. The van der Waals surface area contributed by atoms with Gasteiger partial charge < -0.3 is 10.3 Å². The number of nitrogens with two attached hydrogens (primary N) is 1. The maximum Gasteiger partial charge on any atom is 0.163 e. The molecule has 3 aromatic rings. The molecule has 2 N–H and O–H groups in total. The monoisotopic (exact) mass is 302 g/mol. The number of halogens is 2. The van der Waals surface area contributed by atoms with Gasteiger partial charge in [0, 0.05) is 28.2 Å². The standard InChI is InChI=1S/C16H12F2N2S/c17-13-5-1-3-10(15(13)18)9-20-8-7-11-12(16(19)21)4-2-6-14(11)20/h1-8H,9H2,(H2,19,21). The Hall–Kier alpha value is -2.27. The summed E-state index contributed by atoms with van der Waals surface area (Å²) in [6, 6.07) is 11.6. The van der Waals surface area contributed by atoms with Crippen molar-refractivity contribution in [1.82, 2.24) is 4.57 Å². The van der Waals surface area contributed by atoms with Gasteiger partial charge in [0.2, 0.25) is 0 Å². The average Bonchev–Trinajstić information content (AvgIpc) is 2.87. The Labute approximate surface area is 125 Å². The molecular weight excluding hydrogens is 290 g/mol. The van der Waals surface area contributed by atoms with Crippen molar-refractivity contribution in [2.75, 3.05) is 0 Å². The van der Waals surface area contributed by atoms with E-state index in [4.69, 9.17) is 18.0 Å². The second-order valence-corrected chi connectivity index (χ2v) is 5.20. The lowest BCUT2D eigenvalue weighted by molar-refractivity contribution is 0.496. The minimum absolute atomic E-state index is 0.244. The molecule has 1 heterocycles. The van der Waals surface area contributed by atoms with Crippen LogP contribution in [0.15, 0.2) is 48.7 Å². The van der Waals surface area contributed by atoms with Crippen LogP contribution in [0.3, 0.4) is 0 Å². The van der Waals surface area contributed by atoms with Crippen LogP contribution in [0, 0.1) is 11.6 Å². The van der Waals surface area contributed by atoms with Gasteiger partial charge in [0.05, 0.1) is 6.54 Å². The number of benzene rings is 2. The summed E-state index contributed by atoms with van der Waals surface area (Å²) >= 11 is 5.03. The zero-order valence-corrected chi connectivity index (χ0v) is 11.8. The average molecular weight is 302 g/mol. The molecule has 0 atom stereocenters. The third-order valence-corrected chi connectivity index (χ3v) is 3.67. The van der Waals surface area contributed by atoms with Crippen molar-refractivity contribution in [2.24, 2.45) is 5.73 Å². The smallest absolute Gasteiger partial charge is 0.163 e.